The van der Waals surface area contributed by atoms with Gasteiger partial charge in [-0.15, -0.1) is 0 Å². The van der Waals surface area contributed by atoms with Gasteiger partial charge < -0.3 is 9.80 Å². The first-order valence-electron chi connectivity index (χ1n) is 7.95. The first-order valence-corrected chi connectivity index (χ1v) is 9.09. The number of anilines is 1. The van der Waals surface area contributed by atoms with Crippen LogP contribution in [0, 0.1) is 0 Å². The van der Waals surface area contributed by atoms with E-state index in [1.54, 1.807) is 24.3 Å². The summed E-state index contributed by atoms with van der Waals surface area (Å²) in [5.74, 6) is 0.00169. The quantitative estimate of drug-likeness (QED) is 0.682. The summed E-state index contributed by atoms with van der Waals surface area (Å²) < 4.78 is 0. The molecule has 0 spiro atoms. The Balaban J connectivity index is 1.56. The molecule has 1 fully saturated rings. The Morgan fingerprint density at radius 2 is 1.56 bits per heavy atom. The Morgan fingerprint density at radius 3 is 2.20 bits per heavy atom. The topological polar surface area (TPSA) is 23.6 Å². The lowest BCUT2D eigenvalue weighted by Gasteiger charge is -2.35. The summed E-state index contributed by atoms with van der Waals surface area (Å²) >= 11 is 17.8. The zero-order valence-electron chi connectivity index (χ0n) is 13.5. The number of rotatable bonds is 3. The van der Waals surface area contributed by atoms with Gasteiger partial charge in [-0.1, -0.05) is 40.9 Å². The van der Waals surface area contributed by atoms with E-state index in [0.29, 0.717) is 23.1 Å². The summed E-state index contributed by atoms with van der Waals surface area (Å²) in [7, 11) is 0. The zero-order chi connectivity index (χ0) is 17.8. The van der Waals surface area contributed by atoms with Crippen molar-refractivity contribution in [1.82, 2.24) is 4.90 Å². The van der Waals surface area contributed by atoms with Crippen LogP contribution >= 0.6 is 34.8 Å². The van der Waals surface area contributed by atoms with Gasteiger partial charge in [-0.2, -0.15) is 0 Å². The molecule has 0 atom stereocenters. The van der Waals surface area contributed by atoms with Crippen molar-refractivity contribution < 1.29 is 4.79 Å². The molecule has 1 aliphatic rings. The van der Waals surface area contributed by atoms with Crippen LogP contribution in [0.15, 0.2) is 48.5 Å². The molecule has 1 amide bonds. The van der Waals surface area contributed by atoms with Crippen molar-refractivity contribution in [2.75, 3.05) is 31.1 Å². The third-order valence-corrected chi connectivity index (χ3v) is 5.14. The largest absolute Gasteiger partial charge is 0.368 e. The number of hydrogen-bond donors (Lipinski definition) is 0. The maximum atomic E-state index is 12.4. The number of carbonyl (C=O) groups excluding carboxylic acids is 1. The Morgan fingerprint density at radius 1 is 0.880 bits per heavy atom. The molecule has 130 valence electrons. The molecule has 3 nitrogen and oxygen atoms in total. The zero-order valence-corrected chi connectivity index (χ0v) is 15.7. The van der Waals surface area contributed by atoms with E-state index in [1.807, 2.05) is 35.2 Å². The lowest BCUT2D eigenvalue weighted by Crippen LogP contribution is -2.48. The smallest absolute Gasteiger partial charge is 0.246 e. The molecular formula is C19H17Cl3N2O. The van der Waals surface area contributed by atoms with Gasteiger partial charge >= 0.3 is 0 Å². The first-order chi connectivity index (χ1) is 12.0. The molecule has 0 bridgehead atoms. The van der Waals surface area contributed by atoms with Crippen LogP contribution in [0.1, 0.15) is 5.56 Å². The van der Waals surface area contributed by atoms with Crippen molar-refractivity contribution in [1.29, 1.82) is 0 Å². The Bertz CT molecular complexity index is 782. The normalized spacial score (nSPS) is 15.0. The van der Waals surface area contributed by atoms with Crippen LogP contribution in [-0.2, 0) is 4.79 Å². The van der Waals surface area contributed by atoms with Gasteiger partial charge in [-0.25, -0.2) is 0 Å². The van der Waals surface area contributed by atoms with E-state index in [0.717, 1.165) is 29.4 Å². The molecule has 0 aromatic heterocycles. The number of nitrogens with zero attached hydrogens (tertiary/aromatic N) is 2. The van der Waals surface area contributed by atoms with Crippen LogP contribution in [0.3, 0.4) is 0 Å². The highest BCUT2D eigenvalue weighted by molar-refractivity contribution is 6.42. The Hall–Kier alpha value is -1.68. The Labute approximate surface area is 162 Å². The van der Waals surface area contributed by atoms with Gasteiger partial charge in [0.2, 0.25) is 5.91 Å². The van der Waals surface area contributed by atoms with E-state index in [9.17, 15) is 4.79 Å². The van der Waals surface area contributed by atoms with Gasteiger partial charge in [-0.3, -0.25) is 4.79 Å². The molecule has 3 rings (SSSR count). The van der Waals surface area contributed by atoms with E-state index in [4.69, 9.17) is 34.8 Å². The van der Waals surface area contributed by atoms with E-state index >= 15 is 0 Å². The van der Waals surface area contributed by atoms with Gasteiger partial charge in [0.1, 0.15) is 0 Å². The maximum Gasteiger partial charge on any atom is 0.246 e. The summed E-state index contributed by atoms with van der Waals surface area (Å²) in [5, 5.41) is 1.71. The van der Waals surface area contributed by atoms with E-state index in [1.165, 1.54) is 0 Å². The van der Waals surface area contributed by atoms with Gasteiger partial charge in [-0.05, 0) is 48.0 Å². The van der Waals surface area contributed by atoms with Crippen LogP contribution in [0.5, 0.6) is 0 Å². The van der Waals surface area contributed by atoms with Crippen molar-refractivity contribution in [2.24, 2.45) is 0 Å². The minimum Gasteiger partial charge on any atom is -0.368 e. The van der Waals surface area contributed by atoms with Crippen molar-refractivity contribution >= 4 is 52.5 Å². The summed E-state index contributed by atoms with van der Waals surface area (Å²) in [5.41, 5.74) is 1.98. The summed E-state index contributed by atoms with van der Waals surface area (Å²) in [4.78, 5) is 16.5. The number of piperazine rings is 1. The fourth-order valence-electron chi connectivity index (χ4n) is 2.73. The second-order valence-electron chi connectivity index (χ2n) is 5.80. The standard InChI is InChI=1S/C19H17Cl3N2O/c20-15-3-5-16(6-4-15)23-9-11-24(12-10-23)19(25)8-2-14-1-7-17(21)18(22)13-14/h1-8,13H,9-12H2/b8-2+. The molecule has 0 radical (unpaired) electrons. The Kier molecular flexibility index (Phi) is 5.89. The number of amides is 1. The molecule has 1 saturated heterocycles. The highest BCUT2D eigenvalue weighted by Crippen LogP contribution is 2.23. The first kappa shape index (κ1) is 18.1. The highest BCUT2D eigenvalue weighted by atomic mass is 35.5. The molecule has 0 N–H and O–H groups in total. The van der Waals surface area contributed by atoms with E-state index in [-0.39, 0.29) is 5.91 Å². The lowest BCUT2D eigenvalue weighted by molar-refractivity contribution is -0.126. The van der Waals surface area contributed by atoms with E-state index < -0.39 is 0 Å². The molecule has 1 heterocycles. The summed E-state index contributed by atoms with van der Waals surface area (Å²) in [6.45, 7) is 2.97. The average Bonchev–Trinajstić information content (AvgIpc) is 2.63. The molecule has 25 heavy (non-hydrogen) atoms. The second kappa shape index (κ2) is 8.13. The molecule has 2 aromatic carbocycles. The van der Waals surface area contributed by atoms with Crippen LogP contribution in [0.4, 0.5) is 5.69 Å². The van der Waals surface area contributed by atoms with Gasteiger partial charge in [0.25, 0.3) is 0 Å². The van der Waals surface area contributed by atoms with Gasteiger partial charge in [0.05, 0.1) is 10.0 Å². The van der Waals surface area contributed by atoms with Crippen molar-refractivity contribution in [3.05, 3.63) is 69.2 Å². The number of benzene rings is 2. The lowest BCUT2D eigenvalue weighted by atomic mass is 10.2. The molecule has 0 saturated carbocycles. The van der Waals surface area contributed by atoms with Crippen molar-refractivity contribution in [3.8, 4) is 0 Å². The molecule has 0 aliphatic carbocycles. The third kappa shape index (κ3) is 4.69. The molecular weight excluding hydrogens is 379 g/mol. The number of hydrogen-bond acceptors (Lipinski definition) is 2. The predicted octanol–water partition coefficient (Wildman–Crippen LogP) is 5.01. The van der Waals surface area contributed by atoms with Crippen molar-refractivity contribution in [2.45, 2.75) is 0 Å². The van der Waals surface area contributed by atoms with Crippen LogP contribution in [0.2, 0.25) is 15.1 Å². The minimum atomic E-state index is 0.00169. The summed E-state index contributed by atoms with van der Waals surface area (Å²) in [6, 6.07) is 13.1. The highest BCUT2D eigenvalue weighted by Gasteiger charge is 2.19. The van der Waals surface area contributed by atoms with Crippen molar-refractivity contribution in [3.63, 3.8) is 0 Å². The molecule has 1 aliphatic heterocycles. The SMILES string of the molecule is O=C(/C=C/c1ccc(Cl)c(Cl)c1)N1CCN(c2ccc(Cl)cc2)CC1. The summed E-state index contributed by atoms with van der Waals surface area (Å²) in [6.07, 6.45) is 3.34. The van der Waals surface area contributed by atoms with Gasteiger partial charge in [0.15, 0.2) is 0 Å². The second-order valence-corrected chi connectivity index (χ2v) is 7.05. The fraction of sp³-hybridized carbons (Fsp3) is 0.211. The van der Waals surface area contributed by atoms with Crippen LogP contribution in [-0.4, -0.2) is 37.0 Å². The third-order valence-electron chi connectivity index (χ3n) is 4.15. The average molecular weight is 396 g/mol. The predicted molar refractivity (Wildman–Crippen MR) is 106 cm³/mol. The minimum absolute atomic E-state index is 0.00169. The fourth-order valence-corrected chi connectivity index (χ4v) is 3.16. The number of carbonyl (C=O) groups is 1. The van der Waals surface area contributed by atoms with Gasteiger partial charge in [0, 0.05) is 43.0 Å². The van der Waals surface area contributed by atoms with E-state index in [2.05, 4.69) is 4.90 Å². The van der Waals surface area contributed by atoms with Crippen LogP contribution < -0.4 is 4.90 Å². The molecule has 0 unspecified atom stereocenters. The van der Waals surface area contributed by atoms with Crippen LogP contribution in [0.25, 0.3) is 6.08 Å². The number of halogens is 3. The molecule has 6 heteroatoms. The maximum absolute atomic E-state index is 12.4. The molecule has 2 aromatic rings. The monoisotopic (exact) mass is 394 g/mol.